The van der Waals surface area contributed by atoms with Gasteiger partial charge in [0, 0.05) is 35.5 Å². The lowest BCUT2D eigenvalue weighted by molar-refractivity contribution is -0.142. The van der Waals surface area contributed by atoms with Gasteiger partial charge in [0.2, 0.25) is 5.91 Å². The Morgan fingerprint density at radius 1 is 1.03 bits per heavy atom. The van der Waals surface area contributed by atoms with Gasteiger partial charge >= 0.3 is 6.18 Å². The van der Waals surface area contributed by atoms with E-state index in [1.807, 2.05) is 18.2 Å². The second-order valence-electron chi connectivity index (χ2n) is 8.67. The largest absolute Gasteiger partial charge is 0.435 e. The van der Waals surface area contributed by atoms with Crippen LogP contribution in [-0.4, -0.2) is 30.5 Å². The van der Waals surface area contributed by atoms with E-state index in [9.17, 15) is 18.0 Å². The molecule has 10 heteroatoms. The summed E-state index contributed by atoms with van der Waals surface area (Å²) in [5.74, 6) is 1.32. The van der Waals surface area contributed by atoms with E-state index in [2.05, 4.69) is 25.2 Å². The van der Waals surface area contributed by atoms with E-state index < -0.39 is 17.8 Å². The number of carbonyl (C=O) groups is 1. The number of aryl methyl sites for hydroxylation is 1. The lowest BCUT2D eigenvalue weighted by atomic mass is 9.95. The van der Waals surface area contributed by atoms with Crippen molar-refractivity contribution in [3.05, 3.63) is 47.0 Å². The van der Waals surface area contributed by atoms with Crippen molar-refractivity contribution in [3.63, 3.8) is 0 Å². The molecule has 3 aromatic rings. The maximum absolute atomic E-state index is 13.4. The quantitative estimate of drug-likeness (QED) is 0.629. The number of aromatic nitrogens is 5. The summed E-state index contributed by atoms with van der Waals surface area (Å²) < 4.78 is 43.6. The van der Waals surface area contributed by atoms with Crippen LogP contribution >= 0.6 is 0 Å². The zero-order chi connectivity index (χ0) is 23.0. The highest BCUT2D eigenvalue weighted by Crippen LogP contribution is 2.35. The maximum Gasteiger partial charge on any atom is 0.435 e. The van der Waals surface area contributed by atoms with Gasteiger partial charge in [0.1, 0.15) is 12.4 Å². The molecule has 0 fully saturated rings. The summed E-state index contributed by atoms with van der Waals surface area (Å²) in [4.78, 5) is 12.7. The first-order valence-electron chi connectivity index (χ1n) is 11.4. The smallest absolute Gasteiger partial charge is 0.324 e. The number of carbonyl (C=O) groups excluding carboxylic acids is 1. The van der Waals surface area contributed by atoms with Crippen molar-refractivity contribution >= 4 is 11.6 Å². The maximum atomic E-state index is 13.4. The molecule has 2 aromatic heterocycles. The van der Waals surface area contributed by atoms with Crippen molar-refractivity contribution in [2.45, 2.75) is 70.6 Å². The standard InChI is InChI=1S/C23H25F3N6O/c24-23(25,26)21-17-9-3-4-10-18(17)32(30-21)14-20(33)27-16-8-6-7-15(13-16)22-29-28-19-11-2-1-5-12-31(19)22/h6-8,13H,1-5,9-12,14H2,(H,27,33). The van der Waals surface area contributed by atoms with Crippen LogP contribution in [0.5, 0.6) is 0 Å². The minimum absolute atomic E-state index is 0.232. The number of rotatable bonds is 4. The monoisotopic (exact) mass is 458 g/mol. The summed E-state index contributed by atoms with van der Waals surface area (Å²) in [7, 11) is 0. The van der Waals surface area contributed by atoms with Gasteiger partial charge in [-0.1, -0.05) is 18.6 Å². The highest BCUT2D eigenvalue weighted by molar-refractivity contribution is 5.91. The van der Waals surface area contributed by atoms with Crippen LogP contribution in [-0.2, 0) is 43.3 Å². The number of hydrogen-bond acceptors (Lipinski definition) is 4. The Bertz CT molecular complexity index is 1180. The molecule has 0 saturated carbocycles. The minimum atomic E-state index is -4.52. The molecule has 0 atom stereocenters. The second-order valence-corrected chi connectivity index (χ2v) is 8.67. The molecule has 0 radical (unpaired) electrons. The van der Waals surface area contributed by atoms with Gasteiger partial charge in [-0.3, -0.25) is 9.48 Å². The van der Waals surface area contributed by atoms with Crippen molar-refractivity contribution in [2.24, 2.45) is 0 Å². The number of fused-ring (bicyclic) bond motifs is 2. The zero-order valence-corrected chi connectivity index (χ0v) is 18.2. The van der Waals surface area contributed by atoms with Gasteiger partial charge in [0.05, 0.1) is 0 Å². The highest BCUT2D eigenvalue weighted by atomic mass is 19.4. The summed E-state index contributed by atoms with van der Waals surface area (Å²) in [6.45, 7) is 0.600. The van der Waals surface area contributed by atoms with Crippen LogP contribution < -0.4 is 5.32 Å². The van der Waals surface area contributed by atoms with Crippen molar-refractivity contribution in [3.8, 4) is 11.4 Å². The molecule has 0 spiro atoms. The predicted octanol–water partition coefficient (Wildman–Crippen LogP) is 4.40. The van der Waals surface area contributed by atoms with Crippen molar-refractivity contribution in [1.29, 1.82) is 0 Å². The molecule has 1 aromatic carbocycles. The highest BCUT2D eigenvalue weighted by Gasteiger charge is 2.39. The summed E-state index contributed by atoms with van der Waals surface area (Å²) in [5.41, 5.74) is 1.28. The number of nitrogens with one attached hydrogen (secondary N) is 1. The van der Waals surface area contributed by atoms with E-state index in [0.717, 1.165) is 55.9 Å². The van der Waals surface area contributed by atoms with Crippen LogP contribution in [0.25, 0.3) is 11.4 Å². The third-order valence-electron chi connectivity index (χ3n) is 6.33. The Morgan fingerprint density at radius 3 is 2.70 bits per heavy atom. The van der Waals surface area contributed by atoms with E-state index in [-0.39, 0.29) is 12.1 Å². The summed E-state index contributed by atoms with van der Waals surface area (Å²) >= 11 is 0. The average molecular weight is 458 g/mol. The van der Waals surface area contributed by atoms with Gasteiger partial charge in [-0.2, -0.15) is 18.3 Å². The van der Waals surface area contributed by atoms with Crippen molar-refractivity contribution in [2.75, 3.05) is 5.32 Å². The van der Waals surface area contributed by atoms with Gasteiger partial charge in [-0.25, -0.2) is 0 Å². The lowest BCUT2D eigenvalue weighted by Crippen LogP contribution is -2.22. The van der Waals surface area contributed by atoms with Gasteiger partial charge < -0.3 is 9.88 Å². The van der Waals surface area contributed by atoms with Gasteiger partial charge in [-0.15, -0.1) is 10.2 Å². The number of amides is 1. The van der Waals surface area contributed by atoms with Crippen LogP contribution in [0.1, 0.15) is 54.9 Å². The molecule has 0 bridgehead atoms. The van der Waals surface area contributed by atoms with E-state index in [0.29, 0.717) is 30.6 Å². The van der Waals surface area contributed by atoms with Crippen LogP contribution in [0.3, 0.4) is 0 Å². The SMILES string of the molecule is O=C(Cn1nc(C(F)(F)F)c2c1CCCC2)Nc1cccc(-c2nnc3n2CCCCC3)c1. The number of nitrogens with zero attached hydrogens (tertiary/aromatic N) is 5. The van der Waals surface area contributed by atoms with E-state index in [1.54, 1.807) is 6.07 Å². The number of anilines is 1. The minimum Gasteiger partial charge on any atom is -0.324 e. The molecule has 1 aliphatic heterocycles. The average Bonchev–Trinajstić information content (AvgIpc) is 3.27. The summed E-state index contributed by atoms with van der Waals surface area (Å²) in [6.07, 6.45) is 2.05. The van der Waals surface area contributed by atoms with Crippen LogP contribution in [0, 0.1) is 0 Å². The Labute approximate surface area is 189 Å². The number of alkyl halides is 3. The molecule has 1 N–H and O–H groups in total. The Kier molecular flexibility index (Phi) is 5.67. The Balaban J connectivity index is 1.35. The fourth-order valence-corrected chi connectivity index (χ4v) is 4.80. The Hall–Kier alpha value is -3.17. The van der Waals surface area contributed by atoms with Crippen LogP contribution in [0.2, 0.25) is 0 Å². The van der Waals surface area contributed by atoms with E-state index >= 15 is 0 Å². The first kappa shape index (κ1) is 21.7. The molecule has 7 nitrogen and oxygen atoms in total. The third kappa shape index (κ3) is 4.38. The van der Waals surface area contributed by atoms with E-state index in [4.69, 9.17) is 0 Å². The van der Waals surface area contributed by atoms with Crippen LogP contribution in [0.15, 0.2) is 24.3 Å². The number of halogens is 3. The molecular formula is C23H25F3N6O. The molecular weight excluding hydrogens is 433 g/mol. The third-order valence-corrected chi connectivity index (χ3v) is 6.33. The molecule has 1 amide bonds. The molecule has 1 aliphatic carbocycles. The zero-order valence-electron chi connectivity index (χ0n) is 18.2. The molecule has 0 saturated heterocycles. The van der Waals surface area contributed by atoms with Gasteiger partial charge in [0.15, 0.2) is 11.5 Å². The first-order valence-corrected chi connectivity index (χ1v) is 11.4. The van der Waals surface area contributed by atoms with Gasteiger partial charge in [-0.05, 0) is 50.7 Å². The van der Waals surface area contributed by atoms with E-state index in [1.165, 1.54) is 4.68 Å². The normalized spacial score (nSPS) is 16.1. The molecule has 33 heavy (non-hydrogen) atoms. The topological polar surface area (TPSA) is 77.6 Å². The molecule has 5 rings (SSSR count). The molecule has 2 aliphatic rings. The van der Waals surface area contributed by atoms with Crippen LogP contribution in [0.4, 0.5) is 18.9 Å². The Morgan fingerprint density at radius 2 is 1.85 bits per heavy atom. The molecule has 174 valence electrons. The molecule has 0 unspecified atom stereocenters. The fraction of sp³-hybridized carbons (Fsp3) is 0.478. The second kappa shape index (κ2) is 8.64. The number of benzene rings is 1. The van der Waals surface area contributed by atoms with Gasteiger partial charge in [0.25, 0.3) is 0 Å². The molecule has 3 heterocycles. The lowest BCUT2D eigenvalue weighted by Gasteiger charge is -2.15. The number of hydrogen-bond donors (Lipinski definition) is 1. The fourth-order valence-electron chi connectivity index (χ4n) is 4.80. The van der Waals surface area contributed by atoms with Crippen molar-refractivity contribution < 1.29 is 18.0 Å². The summed E-state index contributed by atoms with van der Waals surface area (Å²) in [6, 6.07) is 7.30. The summed E-state index contributed by atoms with van der Waals surface area (Å²) in [5, 5.41) is 15.2. The van der Waals surface area contributed by atoms with Crippen molar-refractivity contribution in [1.82, 2.24) is 24.5 Å². The predicted molar refractivity (Wildman–Crippen MR) is 116 cm³/mol. The first-order chi connectivity index (χ1) is 15.9.